The van der Waals surface area contributed by atoms with E-state index in [9.17, 15) is 19.5 Å². The summed E-state index contributed by atoms with van der Waals surface area (Å²) in [5, 5.41) is 9.17. The number of benzene rings is 1. The standard InChI is InChI=1S/C20H24N2O4/c23-17-10-15(13-22(17)12-14-4-2-1-3-5-14)18(24)21-8-6-20(7-9-21)11-16(20)19(25)26/h1-5,15-16H,6-13H2,(H,25,26). The van der Waals surface area contributed by atoms with Crippen LogP contribution >= 0.6 is 0 Å². The van der Waals surface area contributed by atoms with Gasteiger partial charge in [-0.05, 0) is 30.2 Å². The summed E-state index contributed by atoms with van der Waals surface area (Å²) in [5.74, 6) is -1.11. The zero-order chi connectivity index (χ0) is 18.3. The average Bonchev–Trinajstić information content (AvgIpc) is 3.23. The second-order valence-electron chi connectivity index (χ2n) is 7.94. The van der Waals surface area contributed by atoms with E-state index in [1.54, 1.807) is 4.90 Å². The topological polar surface area (TPSA) is 77.9 Å². The predicted octanol–water partition coefficient (Wildman–Crippen LogP) is 1.75. The van der Waals surface area contributed by atoms with Crippen molar-refractivity contribution in [2.24, 2.45) is 17.3 Å². The summed E-state index contributed by atoms with van der Waals surface area (Å²) in [7, 11) is 0. The molecule has 4 rings (SSSR count). The van der Waals surface area contributed by atoms with Gasteiger partial charge < -0.3 is 14.9 Å². The maximum absolute atomic E-state index is 12.8. The number of amides is 2. The van der Waals surface area contributed by atoms with Crippen LogP contribution in [0.4, 0.5) is 0 Å². The van der Waals surface area contributed by atoms with E-state index in [-0.39, 0.29) is 35.5 Å². The second kappa shape index (κ2) is 6.41. The Morgan fingerprint density at radius 3 is 2.46 bits per heavy atom. The van der Waals surface area contributed by atoms with Crippen LogP contribution in [0.2, 0.25) is 0 Å². The van der Waals surface area contributed by atoms with Crippen LogP contribution in [0.5, 0.6) is 0 Å². The van der Waals surface area contributed by atoms with Gasteiger partial charge in [-0.3, -0.25) is 14.4 Å². The molecular weight excluding hydrogens is 332 g/mol. The Hall–Kier alpha value is -2.37. The van der Waals surface area contributed by atoms with Gasteiger partial charge in [0, 0.05) is 32.6 Å². The van der Waals surface area contributed by atoms with E-state index < -0.39 is 5.97 Å². The molecule has 1 saturated carbocycles. The molecule has 2 saturated heterocycles. The highest BCUT2D eigenvalue weighted by Crippen LogP contribution is 2.59. The summed E-state index contributed by atoms with van der Waals surface area (Å²) in [6, 6.07) is 9.82. The Labute approximate surface area is 152 Å². The van der Waals surface area contributed by atoms with Gasteiger partial charge in [-0.2, -0.15) is 0 Å². The van der Waals surface area contributed by atoms with Gasteiger partial charge in [0.2, 0.25) is 11.8 Å². The SMILES string of the molecule is O=C(O)C1CC12CCN(C(=O)C1CC(=O)N(Cc3ccccc3)C1)CC2. The van der Waals surface area contributed by atoms with Crippen LogP contribution in [0.15, 0.2) is 30.3 Å². The summed E-state index contributed by atoms with van der Waals surface area (Å²) >= 11 is 0. The van der Waals surface area contributed by atoms with Crippen molar-refractivity contribution in [3.8, 4) is 0 Å². The summed E-state index contributed by atoms with van der Waals surface area (Å²) in [6.07, 6.45) is 2.57. The summed E-state index contributed by atoms with van der Waals surface area (Å²) < 4.78 is 0. The van der Waals surface area contributed by atoms with Gasteiger partial charge >= 0.3 is 5.97 Å². The molecule has 3 fully saturated rings. The van der Waals surface area contributed by atoms with Gasteiger partial charge in [0.15, 0.2) is 0 Å². The van der Waals surface area contributed by atoms with Crippen molar-refractivity contribution in [3.63, 3.8) is 0 Å². The molecule has 0 radical (unpaired) electrons. The zero-order valence-corrected chi connectivity index (χ0v) is 14.8. The smallest absolute Gasteiger partial charge is 0.307 e. The quantitative estimate of drug-likeness (QED) is 0.891. The number of rotatable bonds is 4. The third-order valence-electron chi connectivity index (χ3n) is 6.34. The predicted molar refractivity (Wildman–Crippen MR) is 94.0 cm³/mol. The lowest BCUT2D eigenvalue weighted by atomic mass is 9.90. The molecule has 1 aromatic rings. The van der Waals surface area contributed by atoms with E-state index in [2.05, 4.69) is 0 Å². The van der Waals surface area contributed by atoms with Crippen molar-refractivity contribution >= 4 is 17.8 Å². The molecule has 2 atom stereocenters. The minimum Gasteiger partial charge on any atom is -0.481 e. The first kappa shape index (κ1) is 17.1. The van der Waals surface area contributed by atoms with Gasteiger partial charge in [0.1, 0.15) is 0 Å². The number of carbonyl (C=O) groups is 3. The number of carboxylic acids is 1. The largest absolute Gasteiger partial charge is 0.481 e. The molecule has 1 aliphatic carbocycles. The molecule has 2 amide bonds. The van der Waals surface area contributed by atoms with Crippen LogP contribution in [0.1, 0.15) is 31.2 Å². The lowest BCUT2D eigenvalue weighted by Gasteiger charge is -2.34. The number of likely N-dealkylation sites (tertiary alicyclic amines) is 2. The van der Waals surface area contributed by atoms with Gasteiger partial charge in [0.25, 0.3) is 0 Å². The number of aliphatic carboxylic acids is 1. The van der Waals surface area contributed by atoms with Crippen LogP contribution in [0, 0.1) is 17.3 Å². The maximum atomic E-state index is 12.8. The van der Waals surface area contributed by atoms with E-state index in [0.29, 0.717) is 26.2 Å². The number of carboxylic acid groups (broad SMARTS) is 1. The molecule has 138 valence electrons. The Kier molecular flexibility index (Phi) is 4.21. The summed E-state index contributed by atoms with van der Waals surface area (Å²) in [5.41, 5.74) is 0.996. The summed E-state index contributed by atoms with van der Waals surface area (Å²) in [4.78, 5) is 39.9. The highest BCUT2D eigenvalue weighted by atomic mass is 16.4. The fourth-order valence-corrected chi connectivity index (χ4v) is 4.57. The molecule has 0 aromatic heterocycles. The monoisotopic (exact) mass is 356 g/mol. The number of hydrogen-bond donors (Lipinski definition) is 1. The Balaban J connectivity index is 1.32. The number of piperidine rings is 1. The Bertz CT molecular complexity index is 725. The lowest BCUT2D eigenvalue weighted by molar-refractivity contribution is -0.140. The molecule has 3 aliphatic rings. The van der Waals surface area contributed by atoms with E-state index in [1.807, 2.05) is 35.2 Å². The fourth-order valence-electron chi connectivity index (χ4n) is 4.57. The van der Waals surface area contributed by atoms with Crippen LogP contribution in [-0.4, -0.2) is 52.3 Å². The van der Waals surface area contributed by atoms with Crippen molar-refractivity contribution in [2.45, 2.75) is 32.2 Å². The second-order valence-corrected chi connectivity index (χ2v) is 7.94. The van der Waals surface area contributed by atoms with Crippen molar-refractivity contribution in [2.75, 3.05) is 19.6 Å². The van der Waals surface area contributed by atoms with Crippen molar-refractivity contribution in [3.05, 3.63) is 35.9 Å². The highest BCUT2D eigenvalue weighted by molar-refractivity contribution is 5.89. The molecule has 6 nitrogen and oxygen atoms in total. The molecule has 26 heavy (non-hydrogen) atoms. The normalized spacial score (nSPS) is 27.0. The third kappa shape index (κ3) is 3.08. The van der Waals surface area contributed by atoms with Gasteiger partial charge in [-0.25, -0.2) is 0 Å². The van der Waals surface area contributed by atoms with Gasteiger partial charge in [0.05, 0.1) is 11.8 Å². The van der Waals surface area contributed by atoms with Crippen LogP contribution < -0.4 is 0 Å². The van der Waals surface area contributed by atoms with Crippen molar-refractivity contribution in [1.82, 2.24) is 9.80 Å². The molecule has 1 aromatic carbocycles. The van der Waals surface area contributed by atoms with Crippen LogP contribution in [0.3, 0.4) is 0 Å². The molecule has 1 spiro atoms. The van der Waals surface area contributed by atoms with E-state index in [1.165, 1.54) is 0 Å². The summed E-state index contributed by atoms with van der Waals surface area (Å²) in [6.45, 7) is 2.26. The molecule has 0 bridgehead atoms. The lowest BCUT2D eigenvalue weighted by Crippen LogP contribution is -2.43. The molecule has 6 heteroatoms. The average molecular weight is 356 g/mol. The Morgan fingerprint density at radius 2 is 1.85 bits per heavy atom. The fraction of sp³-hybridized carbons (Fsp3) is 0.550. The van der Waals surface area contributed by atoms with Crippen molar-refractivity contribution in [1.29, 1.82) is 0 Å². The van der Waals surface area contributed by atoms with E-state index in [0.717, 1.165) is 24.8 Å². The van der Waals surface area contributed by atoms with E-state index >= 15 is 0 Å². The van der Waals surface area contributed by atoms with Crippen LogP contribution in [-0.2, 0) is 20.9 Å². The van der Waals surface area contributed by atoms with Gasteiger partial charge in [-0.15, -0.1) is 0 Å². The van der Waals surface area contributed by atoms with Crippen molar-refractivity contribution < 1.29 is 19.5 Å². The van der Waals surface area contributed by atoms with E-state index in [4.69, 9.17) is 0 Å². The molecule has 2 aliphatic heterocycles. The maximum Gasteiger partial charge on any atom is 0.307 e. The minimum atomic E-state index is -0.706. The molecule has 2 heterocycles. The zero-order valence-electron chi connectivity index (χ0n) is 14.8. The first-order valence-corrected chi connectivity index (χ1v) is 9.32. The third-order valence-corrected chi connectivity index (χ3v) is 6.34. The number of nitrogens with zero attached hydrogens (tertiary/aromatic N) is 2. The highest BCUT2D eigenvalue weighted by Gasteiger charge is 2.59. The van der Waals surface area contributed by atoms with Crippen LogP contribution in [0.25, 0.3) is 0 Å². The first-order chi connectivity index (χ1) is 12.5. The van der Waals surface area contributed by atoms with Gasteiger partial charge in [-0.1, -0.05) is 30.3 Å². The minimum absolute atomic E-state index is 0.0359. The molecular formula is C20H24N2O4. The number of carbonyl (C=O) groups excluding carboxylic acids is 2. The number of hydrogen-bond acceptors (Lipinski definition) is 3. The Morgan fingerprint density at radius 1 is 1.15 bits per heavy atom. The first-order valence-electron chi connectivity index (χ1n) is 9.32. The molecule has 1 N–H and O–H groups in total. The molecule has 2 unspecified atom stereocenters.